The van der Waals surface area contributed by atoms with Crippen LogP contribution in [0.5, 0.6) is 0 Å². The number of hydrogen-bond donors (Lipinski definition) is 0. The first-order valence-corrected chi connectivity index (χ1v) is 8.65. The van der Waals surface area contributed by atoms with E-state index in [4.69, 9.17) is 0 Å². The third kappa shape index (κ3) is 3.68. The van der Waals surface area contributed by atoms with Gasteiger partial charge in [0.15, 0.2) is 0 Å². The van der Waals surface area contributed by atoms with E-state index in [1.165, 1.54) is 22.3 Å². The molecule has 0 nitrogen and oxygen atoms in total. The van der Waals surface area contributed by atoms with Gasteiger partial charge in [-0.25, -0.2) is 0 Å². The van der Waals surface area contributed by atoms with Gasteiger partial charge in [0.2, 0.25) is 0 Å². The van der Waals surface area contributed by atoms with Crippen molar-refractivity contribution in [1.82, 2.24) is 0 Å². The summed E-state index contributed by atoms with van der Waals surface area (Å²) in [5.74, 6) is 0. The summed E-state index contributed by atoms with van der Waals surface area (Å²) in [7, 11) is 0. The molecule has 0 amide bonds. The summed E-state index contributed by atoms with van der Waals surface area (Å²) >= 11 is 0. The molecule has 0 saturated carbocycles. The lowest BCUT2D eigenvalue weighted by Gasteiger charge is -2.34. The van der Waals surface area contributed by atoms with Gasteiger partial charge in [0, 0.05) is 5.41 Å². The maximum atomic E-state index is 2.39. The zero-order valence-electron chi connectivity index (χ0n) is 16.1. The zero-order chi connectivity index (χ0) is 17.5. The molecule has 0 N–H and O–H groups in total. The van der Waals surface area contributed by atoms with E-state index in [1.54, 1.807) is 0 Å². The van der Waals surface area contributed by atoms with Crippen molar-refractivity contribution in [3.8, 4) is 0 Å². The largest absolute Gasteiger partial charge is 0.0620 e. The molecule has 0 heterocycles. The number of benzene rings is 2. The van der Waals surface area contributed by atoms with Crippen molar-refractivity contribution in [2.24, 2.45) is 0 Å². The van der Waals surface area contributed by atoms with Crippen molar-refractivity contribution in [3.63, 3.8) is 0 Å². The Bertz CT molecular complexity index is 676. The lowest BCUT2D eigenvalue weighted by molar-refractivity contribution is 0.546. The van der Waals surface area contributed by atoms with Crippen LogP contribution in [-0.2, 0) is 16.2 Å². The molecule has 2 aromatic carbocycles. The Labute approximate surface area is 143 Å². The van der Waals surface area contributed by atoms with E-state index in [9.17, 15) is 0 Å². The van der Waals surface area contributed by atoms with Crippen molar-refractivity contribution >= 4 is 0 Å². The molecule has 0 aliphatic carbocycles. The third-order valence-electron chi connectivity index (χ3n) is 4.86. The van der Waals surface area contributed by atoms with Crippen LogP contribution < -0.4 is 0 Å². The SMILES string of the molecule is CC(C)(C)c1cccc(C(C)(C)c2ccccc2C(C)(C)C)c1. The Hall–Kier alpha value is -1.56. The lowest BCUT2D eigenvalue weighted by Crippen LogP contribution is -2.26. The Morgan fingerprint density at radius 2 is 1.04 bits per heavy atom. The quantitative estimate of drug-likeness (QED) is 0.585. The molecule has 0 saturated heterocycles. The molecule has 0 aliphatic rings. The van der Waals surface area contributed by atoms with Gasteiger partial charge in [-0.05, 0) is 33.1 Å². The fraction of sp³-hybridized carbons (Fsp3) is 0.478. The van der Waals surface area contributed by atoms with Gasteiger partial charge in [-0.1, -0.05) is 104 Å². The second-order valence-electron chi connectivity index (χ2n) is 9.25. The minimum atomic E-state index is -0.00880. The van der Waals surface area contributed by atoms with Gasteiger partial charge in [-0.2, -0.15) is 0 Å². The molecule has 23 heavy (non-hydrogen) atoms. The van der Waals surface area contributed by atoms with Crippen molar-refractivity contribution in [2.75, 3.05) is 0 Å². The second kappa shape index (κ2) is 5.82. The van der Waals surface area contributed by atoms with Gasteiger partial charge >= 0.3 is 0 Å². The predicted molar refractivity (Wildman–Crippen MR) is 102 cm³/mol. The van der Waals surface area contributed by atoms with Gasteiger partial charge < -0.3 is 0 Å². The van der Waals surface area contributed by atoms with Crippen molar-refractivity contribution in [1.29, 1.82) is 0 Å². The van der Waals surface area contributed by atoms with Gasteiger partial charge in [-0.15, -0.1) is 0 Å². The topological polar surface area (TPSA) is 0 Å². The summed E-state index contributed by atoms with van der Waals surface area (Å²) in [4.78, 5) is 0. The molecule has 0 aromatic heterocycles. The first-order chi connectivity index (χ1) is 10.4. The van der Waals surface area contributed by atoms with Crippen LogP contribution in [0.4, 0.5) is 0 Å². The molecular weight excluding hydrogens is 276 g/mol. The zero-order valence-corrected chi connectivity index (χ0v) is 16.1. The molecule has 0 spiro atoms. The highest BCUT2D eigenvalue weighted by Gasteiger charge is 2.30. The van der Waals surface area contributed by atoms with Gasteiger partial charge in [0.05, 0.1) is 0 Å². The van der Waals surface area contributed by atoms with E-state index in [0.717, 1.165) is 0 Å². The molecule has 2 rings (SSSR count). The standard InChI is InChI=1S/C23H32/c1-21(2,3)17-12-11-13-18(16-17)23(7,8)20-15-10-9-14-19(20)22(4,5)6/h9-16H,1-8H3. The minimum Gasteiger partial charge on any atom is -0.0620 e. The van der Waals surface area contributed by atoms with Crippen LogP contribution in [0.25, 0.3) is 0 Å². The summed E-state index contributed by atoms with van der Waals surface area (Å²) in [6.45, 7) is 18.4. The van der Waals surface area contributed by atoms with Gasteiger partial charge in [-0.3, -0.25) is 0 Å². The summed E-state index contributed by atoms with van der Waals surface area (Å²) in [5.41, 5.74) is 5.97. The smallest absolute Gasteiger partial charge is 0.0149 e. The highest BCUT2D eigenvalue weighted by Crippen LogP contribution is 2.39. The molecule has 0 bridgehead atoms. The molecule has 0 heteroatoms. The summed E-state index contributed by atoms with van der Waals surface area (Å²) < 4.78 is 0. The molecule has 0 aliphatic heterocycles. The molecule has 0 radical (unpaired) electrons. The van der Waals surface area contributed by atoms with Crippen LogP contribution in [0.2, 0.25) is 0 Å². The van der Waals surface area contributed by atoms with E-state index in [-0.39, 0.29) is 16.2 Å². The van der Waals surface area contributed by atoms with Gasteiger partial charge in [0.1, 0.15) is 0 Å². The highest BCUT2D eigenvalue weighted by atomic mass is 14.3. The normalized spacial score (nSPS) is 13.2. The summed E-state index contributed by atoms with van der Waals surface area (Å²) in [6.07, 6.45) is 0. The third-order valence-corrected chi connectivity index (χ3v) is 4.86. The average Bonchev–Trinajstić information content (AvgIpc) is 2.45. The van der Waals surface area contributed by atoms with Crippen molar-refractivity contribution < 1.29 is 0 Å². The van der Waals surface area contributed by atoms with Crippen LogP contribution in [0.1, 0.15) is 77.6 Å². The van der Waals surface area contributed by atoms with Crippen LogP contribution in [-0.4, -0.2) is 0 Å². The average molecular weight is 309 g/mol. The molecule has 0 fully saturated rings. The monoisotopic (exact) mass is 308 g/mol. The number of hydrogen-bond acceptors (Lipinski definition) is 0. The highest BCUT2D eigenvalue weighted by molar-refractivity contribution is 5.46. The Morgan fingerprint density at radius 3 is 1.57 bits per heavy atom. The van der Waals surface area contributed by atoms with Crippen LogP contribution in [0.15, 0.2) is 48.5 Å². The van der Waals surface area contributed by atoms with Crippen LogP contribution in [0.3, 0.4) is 0 Å². The predicted octanol–water partition coefficient (Wildman–Crippen LogP) is 6.61. The van der Waals surface area contributed by atoms with Crippen molar-refractivity contribution in [3.05, 3.63) is 70.8 Å². The summed E-state index contributed by atoms with van der Waals surface area (Å²) in [5, 5.41) is 0. The first-order valence-electron chi connectivity index (χ1n) is 8.65. The molecule has 124 valence electrons. The fourth-order valence-corrected chi connectivity index (χ4v) is 3.21. The fourth-order valence-electron chi connectivity index (χ4n) is 3.21. The van der Waals surface area contributed by atoms with E-state index in [1.807, 2.05) is 0 Å². The first kappa shape index (κ1) is 17.8. The molecule has 2 aromatic rings. The number of rotatable bonds is 2. The maximum absolute atomic E-state index is 2.39. The lowest BCUT2D eigenvalue weighted by atomic mass is 9.70. The van der Waals surface area contributed by atoms with Gasteiger partial charge in [0.25, 0.3) is 0 Å². The Morgan fingerprint density at radius 1 is 0.522 bits per heavy atom. The Balaban J connectivity index is 2.60. The van der Waals surface area contributed by atoms with E-state index < -0.39 is 0 Å². The second-order valence-corrected chi connectivity index (χ2v) is 9.25. The minimum absolute atomic E-state index is 0.00880. The van der Waals surface area contributed by atoms with Crippen molar-refractivity contribution in [2.45, 2.75) is 71.6 Å². The van der Waals surface area contributed by atoms with E-state index in [0.29, 0.717) is 0 Å². The maximum Gasteiger partial charge on any atom is 0.0149 e. The van der Waals surface area contributed by atoms with E-state index in [2.05, 4.69) is 104 Å². The summed E-state index contributed by atoms with van der Waals surface area (Å²) in [6, 6.07) is 18.0. The Kier molecular flexibility index (Phi) is 4.50. The van der Waals surface area contributed by atoms with Crippen LogP contribution in [0, 0.1) is 0 Å². The van der Waals surface area contributed by atoms with Crippen LogP contribution >= 0.6 is 0 Å². The molecular formula is C23H32. The van der Waals surface area contributed by atoms with E-state index >= 15 is 0 Å². The molecule has 0 atom stereocenters. The molecule has 0 unspecified atom stereocenters.